The summed E-state index contributed by atoms with van der Waals surface area (Å²) < 4.78 is 35.8. The van der Waals surface area contributed by atoms with E-state index < -0.39 is 15.9 Å². The third-order valence-electron chi connectivity index (χ3n) is 3.23. The number of amides is 1. The quantitative estimate of drug-likeness (QED) is 0.621. The van der Waals surface area contributed by atoms with E-state index in [2.05, 4.69) is 15.2 Å². The minimum absolute atomic E-state index is 0.00484. The predicted molar refractivity (Wildman–Crippen MR) is 92.5 cm³/mol. The molecule has 0 spiro atoms. The van der Waals surface area contributed by atoms with Crippen LogP contribution < -0.4 is 19.6 Å². The Kier molecular flexibility index (Phi) is 4.57. The summed E-state index contributed by atoms with van der Waals surface area (Å²) in [5, 5.41) is 3.88. The highest BCUT2D eigenvalue weighted by molar-refractivity contribution is 7.92. The number of hydrazone groups is 1. The summed E-state index contributed by atoms with van der Waals surface area (Å²) in [5.41, 5.74) is 3.32. The van der Waals surface area contributed by atoms with E-state index in [0.717, 1.165) is 11.8 Å². The van der Waals surface area contributed by atoms with Crippen LogP contribution >= 0.6 is 0 Å². The van der Waals surface area contributed by atoms with Crippen LogP contribution in [0.1, 0.15) is 15.9 Å². The van der Waals surface area contributed by atoms with Crippen molar-refractivity contribution in [2.24, 2.45) is 5.10 Å². The maximum absolute atomic E-state index is 12.4. The molecular formula is C16H15N3O5S. The monoisotopic (exact) mass is 361 g/mol. The van der Waals surface area contributed by atoms with Gasteiger partial charge in [-0.3, -0.25) is 9.52 Å². The second-order valence-electron chi connectivity index (χ2n) is 5.24. The molecule has 1 aliphatic heterocycles. The van der Waals surface area contributed by atoms with Gasteiger partial charge < -0.3 is 9.47 Å². The zero-order chi connectivity index (χ0) is 17.9. The van der Waals surface area contributed by atoms with Crippen molar-refractivity contribution in [3.63, 3.8) is 0 Å². The largest absolute Gasteiger partial charge is 0.454 e. The highest BCUT2D eigenvalue weighted by atomic mass is 32.2. The van der Waals surface area contributed by atoms with E-state index in [4.69, 9.17) is 9.47 Å². The van der Waals surface area contributed by atoms with Gasteiger partial charge in [0, 0.05) is 6.07 Å². The molecule has 8 nitrogen and oxygen atoms in total. The van der Waals surface area contributed by atoms with Crippen LogP contribution in [0.5, 0.6) is 11.5 Å². The van der Waals surface area contributed by atoms with E-state index in [9.17, 15) is 13.2 Å². The number of carbonyl (C=O) groups is 1. The second kappa shape index (κ2) is 6.81. The molecule has 2 aromatic carbocycles. The number of fused-ring (bicyclic) bond motifs is 1. The van der Waals surface area contributed by atoms with Crippen LogP contribution in [0.3, 0.4) is 0 Å². The van der Waals surface area contributed by atoms with E-state index >= 15 is 0 Å². The molecule has 1 heterocycles. The summed E-state index contributed by atoms with van der Waals surface area (Å²) in [4.78, 5) is 12.4. The van der Waals surface area contributed by atoms with E-state index in [-0.39, 0.29) is 18.0 Å². The summed E-state index contributed by atoms with van der Waals surface area (Å²) in [5.74, 6) is 0.128. The van der Waals surface area contributed by atoms with Gasteiger partial charge in [0.1, 0.15) is 0 Å². The van der Waals surface area contributed by atoms with Crippen molar-refractivity contribution in [2.75, 3.05) is 17.8 Å². The summed E-state index contributed by atoms with van der Waals surface area (Å²) in [6, 6.07) is 12.0. The molecule has 3 rings (SSSR count). The maximum Gasteiger partial charge on any atom is 0.273 e. The molecule has 0 unspecified atom stereocenters. The highest BCUT2D eigenvalue weighted by Crippen LogP contribution is 2.37. The lowest BCUT2D eigenvalue weighted by Gasteiger charge is -2.10. The van der Waals surface area contributed by atoms with Crippen molar-refractivity contribution in [1.29, 1.82) is 0 Å². The standard InChI is InChI=1S/C16H15N3O5S/c1-25(21,22)19-13-8-15-14(23-10-24-15)7-12(13)16(20)18-17-9-11-5-3-2-4-6-11/h2-9,19H,10H2,1H3,(H,18,20)/b17-9+. The van der Waals surface area contributed by atoms with Gasteiger partial charge in [0.15, 0.2) is 11.5 Å². The number of rotatable bonds is 5. The zero-order valence-electron chi connectivity index (χ0n) is 13.2. The van der Waals surface area contributed by atoms with Crippen LogP contribution in [-0.2, 0) is 10.0 Å². The summed E-state index contributed by atoms with van der Waals surface area (Å²) in [6.45, 7) is 0.00484. The minimum Gasteiger partial charge on any atom is -0.454 e. The summed E-state index contributed by atoms with van der Waals surface area (Å²) >= 11 is 0. The number of carbonyl (C=O) groups excluding carboxylic acids is 1. The smallest absolute Gasteiger partial charge is 0.273 e. The highest BCUT2D eigenvalue weighted by Gasteiger charge is 2.22. The van der Waals surface area contributed by atoms with Gasteiger partial charge in [-0.2, -0.15) is 5.10 Å². The zero-order valence-corrected chi connectivity index (χ0v) is 14.0. The molecule has 0 aromatic heterocycles. The molecule has 0 atom stereocenters. The fraction of sp³-hybridized carbons (Fsp3) is 0.125. The molecule has 0 saturated carbocycles. The summed E-state index contributed by atoms with van der Waals surface area (Å²) in [6.07, 6.45) is 2.47. The number of anilines is 1. The molecule has 2 aromatic rings. The fourth-order valence-corrected chi connectivity index (χ4v) is 2.75. The molecule has 0 radical (unpaired) electrons. The van der Waals surface area contributed by atoms with Crippen LogP contribution in [0.25, 0.3) is 0 Å². The van der Waals surface area contributed by atoms with Gasteiger partial charge in [-0.15, -0.1) is 0 Å². The van der Waals surface area contributed by atoms with Crippen LogP contribution in [0.15, 0.2) is 47.6 Å². The molecule has 2 N–H and O–H groups in total. The first kappa shape index (κ1) is 16.8. The molecule has 0 fully saturated rings. The van der Waals surface area contributed by atoms with Gasteiger partial charge in [0.2, 0.25) is 16.8 Å². The van der Waals surface area contributed by atoms with E-state index in [1.165, 1.54) is 18.3 Å². The second-order valence-corrected chi connectivity index (χ2v) is 6.98. The minimum atomic E-state index is -3.58. The Bertz CT molecular complexity index is 926. The normalized spacial score (nSPS) is 13.0. The molecule has 0 bridgehead atoms. The molecule has 0 aliphatic carbocycles. The summed E-state index contributed by atoms with van der Waals surface area (Å²) in [7, 11) is -3.58. The lowest BCUT2D eigenvalue weighted by atomic mass is 10.1. The van der Waals surface area contributed by atoms with Gasteiger partial charge in [-0.05, 0) is 11.6 Å². The van der Waals surface area contributed by atoms with Gasteiger partial charge in [-0.1, -0.05) is 30.3 Å². The SMILES string of the molecule is CS(=O)(=O)Nc1cc2c(cc1C(=O)N/N=C/c1ccccc1)OCO2. The average Bonchev–Trinajstić information content (AvgIpc) is 3.00. The Hall–Kier alpha value is -3.07. The third-order valence-corrected chi connectivity index (χ3v) is 3.82. The third kappa shape index (κ3) is 4.27. The first-order valence-corrected chi connectivity index (χ1v) is 9.11. The molecule has 1 amide bonds. The fourth-order valence-electron chi connectivity index (χ4n) is 2.18. The number of hydrogen-bond donors (Lipinski definition) is 2. The lowest BCUT2D eigenvalue weighted by Crippen LogP contribution is -2.21. The Morgan fingerprint density at radius 2 is 1.84 bits per heavy atom. The van der Waals surface area contributed by atoms with Crippen molar-refractivity contribution in [1.82, 2.24) is 5.43 Å². The molecule has 130 valence electrons. The molecular weight excluding hydrogens is 346 g/mol. The Balaban J connectivity index is 1.84. The van der Waals surface area contributed by atoms with Crippen molar-refractivity contribution in [3.05, 3.63) is 53.6 Å². The van der Waals surface area contributed by atoms with Crippen molar-refractivity contribution in [2.45, 2.75) is 0 Å². The van der Waals surface area contributed by atoms with Crippen LogP contribution in [0.4, 0.5) is 5.69 Å². The Morgan fingerprint density at radius 3 is 2.52 bits per heavy atom. The number of hydrogen-bond acceptors (Lipinski definition) is 6. The molecule has 25 heavy (non-hydrogen) atoms. The van der Waals surface area contributed by atoms with Crippen molar-refractivity contribution >= 4 is 27.8 Å². The predicted octanol–water partition coefficient (Wildman–Crippen LogP) is 1.55. The van der Waals surface area contributed by atoms with E-state index in [1.807, 2.05) is 30.3 Å². The van der Waals surface area contributed by atoms with Crippen molar-refractivity contribution < 1.29 is 22.7 Å². The number of nitrogens with zero attached hydrogens (tertiary/aromatic N) is 1. The lowest BCUT2D eigenvalue weighted by molar-refractivity contribution is 0.0955. The van der Waals surface area contributed by atoms with Gasteiger partial charge in [0.25, 0.3) is 5.91 Å². The number of ether oxygens (including phenoxy) is 2. The van der Waals surface area contributed by atoms with Crippen LogP contribution in [-0.4, -0.2) is 33.6 Å². The van der Waals surface area contributed by atoms with E-state index in [1.54, 1.807) is 0 Å². The topological polar surface area (TPSA) is 106 Å². The maximum atomic E-state index is 12.4. The van der Waals surface area contributed by atoms with E-state index in [0.29, 0.717) is 11.5 Å². The Morgan fingerprint density at radius 1 is 1.16 bits per heavy atom. The first-order chi connectivity index (χ1) is 11.9. The number of benzene rings is 2. The average molecular weight is 361 g/mol. The molecule has 1 aliphatic rings. The van der Waals surface area contributed by atoms with Crippen LogP contribution in [0, 0.1) is 0 Å². The number of sulfonamides is 1. The van der Waals surface area contributed by atoms with Crippen LogP contribution in [0.2, 0.25) is 0 Å². The molecule has 9 heteroatoms. The van der Waals surface area contributed by atoms with Gasteiger partial charge in [0.05, 0.1) is 23.7 Å². The number of nitrogens with one attached hydrogen (secondary N) is 2. The Labute approximate surface area is 144 Å². The van der Waals surface area contributed by atoms with Gasteiger partial charge in [-0.25, -0.2) is 13.8 Å². The van der Waals surface area contributed by atoms with Crippen molar-refractivity contribution in [3.8, 4) is 11.5 Å². The molecule has 0 saturated heterocycles. The van der Waals surface area contributed by atoms with Gasteiger partial charge >= 0.3 is 0 Å². The first-order valence-electron chi connectivity index (χ1n) is 7.22.